The first-order valence-corrected chi connectivity index (χ1v) is 13.9. The highest BCUT2D eigenvalue weighted by atomic mass is 35.5. The van der Waals surface area contributed by atoms with Gasteiger partial charge in [0, 0.05) is 28.4 Å². The number of hydrogen-bond acceptors (Lipinski definition) is 5. The number of sulfonamides is 1. The van der Waals surface area contributed by atoms with Crippen molar-refractivity contribution in [1.29, 1.82) is 5.26 Å². The number of hydrogen-bond donors (Lipinski definition) is 1. The van der Waals surface area contributed by atoms with Gasteiger partial charge in [0.15, 0.2) is 0 Å². The van der Waals surface area contributed by atoms with E-state index in [2.05, 4.69) is 5.32 Å². The molecule has 0 atom stereocenters. The molecule has 0 fully saturated rings. The molecule has 4 rings (SSSR count). The molecule has 4 aromatic rings. The number of amides is 1. The molecule has 0 spiro atoms. The average molecular weight is 580 g/mol. The van der Waals surface area contributed by atoms with Crippen LogP contribution in [0.25, 0.3) is 6.08 Å². The first kappa shape index (κ1) is 28.1. The fourth-order valence-corrected chi connectivity index (χ4v) is 5.38. The summed E-state index contributed by atoms with van der Waals surface area (Å²) in [6.45, 7) is 1.87. The lowest BCUT2D eigenvalue weighted by Gasteiger charge is -2.21. The van der Waals surface area contributed by atoms with Gasteiger partial charge in [0.05, 0.1) is 11.4 Å². The zero-order valence-corrected chi connectivity index (χ0v) is 23.1. The Morgan fingerprint density at radius 2 is 1.69 bits per heavy atom. The normalized spacial score (nSPS) is 11.8. The Bertz CT molecular complexity index is 1660. The first-order valence-electron chi connectivity index (χ1n) is 11.7. The Hall–Kier alpha value is -3.87. The highest BCUT2D eigenvalue weighted by Gasteiger charge is 2.26. The van der Waals surface area contributed by atoms with E-state index in [1.54, 1.807) is 84.9 Å². The van der Waals surface area contributed by atoms with E-state index in [1.165, 1.54) is 10.4 Å². The van der Waals surface area contributed by atoms with Crippen molar-refractivity contribution in [1.82, 2.24) is 4.31 Å². The van der Waals surface area contributed by atoms with Gasteiger partial charge in [-0.15, -0.1) is 0 Å². The van der Waals surface area contributed by atoms with Crippen molar-refractivity contribution in [2.45, 2.75) is 24.9 Å². The minimum atomic E-state index is -3.90. The van der Waals surface area contributed by atoms with E-state index in [0.29, 0.717) is 21.5 Å². The van der Waals surface area contributed by atoms with Crippen molar-refractivity contribution >= 4 is 50.9 Å². The van der Waals surface area contributed by atoms with Crippen LogP contribution in [0.2, 0.25) is 10.0 Å². The smallest absolute Gasteiger partial charge is 0.266 e. The molecule has 3 aromatic carbocycles. The van der Waals surface area contributed by atoms with Crippen LogP contribution in [-0.2, 0) is 27.9 Å². The van der Waals surface area contributed by atoms with Gasteiger partial charge in [-0.05, 0) is 67.1 Å². The van der Waals surface area contributed by atoms with Gasteiger partial charge in [0.2, 0.25) is 10.0 Å². The molecule has 0 saturated heterocycles. The van der Waals surface area contributed by atoms with Crippen LogP contribution in [0.4, 0.5) is 5.69 Å². The molecule has 1 N–H and O–H groups in total. The largest absolute Gasteiger partial charge is 0.460 e. The van der Waals surface area contributed by atoms with Gasteiger partial charge in [-0.1, -0.05) is 59.1 Å². The highest BCUT2D eigenvalue weighted by Crippen LogP contribution is 2.24. The van der Waals surface area contributed by atoms with Crippen LogP contribution in [0, 0.1) is 18.3 Å². The monoisotopic (exact) mass is 579 g/mol. The molecule has 0 aliphatic rings. The number of nitriles is 1. The Balaban J connectivity index is 1.58. The van der Waals surface area contributed by atoms with Crippen molar-refractivity contribution in [2.75, 3.05) is 5.32 Å². The fraction of sp³-hybridized carbons (Fsp3) is 0.103. The van der Waals surface area contributed by atoms with Crippen LogP contribution in [0.3, 0.4) is 0 Å². The second-order valence-electron chi connectivity index (χ2n) is 8.65. The zero-order chi connectivity index (χ0) is 28.0. The lowest BCUT2D eigenvalue weighted by Crippen LogP contribution is -2.30. The minimum Gasteiger partial charge on any atom is -0.460 e. The van der Waals surface area contributed by atoms with E-state index in [4.69, 9.17) is 27.6 Å². The number of halogens is 2. The molecule has 0 bridgehead atoms. The highest BCUT2D eigenvalue weighted by molar-refractivity contribution is 7.89. The molecular formula is C29H23Cl2N3O4S. The molecule has 0 saturated carbocycles. The Kier molecular flexibility index (Phi) is 8.90. The second kappa shape index (κ2) is 12.3. The molecule has 198 valence electrons. The molecule has 0 aliphatic heterocycles. The lowest BCUT2D eigenvalue weighted by molar-refractivity contribution is -0.112. The summed E-state index contributed by atoms with van der Waals surface area (Å²) in [6.07, 6.45) is 1.29. The fourth-order valence-electron chi connectivity index (χ4n) is 3.67. The van der Waals surface area contributed by atoms with Crippen LogP contribution in [-0.4, -0.2) is 18.6 Å². The van der Waals surface area contributed by atoms with Crippen LogP contribution in [0.5, 0.6) is 0 Å². The third-order valence-electron chi connectivity index (χ3n) is 5.68. The maximum Gasteiger partial charge on any atom is 0.266 e. The molecular weight excluding hydrogens is 557 g/mol. The average Bonchev–Trinajstić information content (AvgIpc) is 3.35. The molecule has 0 radical (unpaired) electrons. The summed E-state index contributed by atoms with van der Waals surface area (Å²) in [4.78, 5) is 12.8. The van der Waals surface area contributed by atoms with E-state index in [-0.39, 0.29) is 29.3 Å². The summed E-state index contributed by atoms with van der Waals surface area (Å²) < 4.78 is 34.3. The summed E-state index contributed by atoms with van der Waals surface area (Å²) in [5.41, 5.74) is 1.92. The number of anilines is 1. The van der Waals surface area contributed by atoms with E-state index in [0.717, 1.165) is 11.1 Å². The topological polar surface area (TPSA) is 103 Å². The molecule has 0 aliphatic carbocycles. The van der Waals surface area contributed by atoms with Crippen molar-refractivity contribution in [3.63, 3.8) is 0 Å². The number of nitrogens with one attached hydrogen (secondary N) is 1. The third kappa shape index (κ3) is 7.37. The van der Waals surface area contributed by atoms with Crippen molar-refractivity contribution in [3.8, 4) is 6.07 Å². The Morgan fingerprint density at radius 3 is 2.36 bits per heavy atom. The Morgan fingerprint density at radius 1 is 0.974 bits per heavy atom. The number of nitrogens with zero attached hydrogens (tertiary/aromatic N) is 2. The summed E-state index contributed by atoms with van der Waals surface area (Å²) in [7, 11) is -3.90. The molecule has 7 nitrogen and oxygen atoms in total. The van der Waals surface area contributed by atoms with Gasteiger partial charge >= 0.3 is 0 Å². The van der Waals surface area contributed by atoms with Crippen LogP contribution >= 0.6 is 23.2 Å². The number of benzene rings is 3. The quantitative estimate of drug-likeness (QED) is 0.173. The molecule has 1 aromatic heterocycles. The van der Waals surface area contributed by atoms with Crippen molar-refractivity contribution in [2.24, 2.45) is 0 Å². The predicted octanol–water partition coefficient (Wildman–Crippen LogP) is 6.83. The van der Waals surface area contributed by atoms with Crippen molar-refractivity contribution in [3.05, 3.63) is 123 Å². The SMILES string of the molecule is Cc1ccc(S(=O)(=O)N(Cc2ccc(Cl)cc2)Cc2ccc(/C=C(/C#N)C(=O)Nc3cccc(Cl)c3)o2)cc1. The van der Waals surface area contributed by atoms with E-state index in [1.807, 2.05) is 13.0 Å². The molecule has 1 amide bonds. The third-order valence-corrected chi connectivity index (χ3v) is 7.97. The maximum atomic E-state index is 13.6. The molecule has 1 heterocycles. The summed E-state index contributed by atoms with van der Waals surface area (Å²) >= 11 is 12.0. The summed E-state index contributed by atoms with van der Waals surface area (Å²) in [5.74, 6) is -0.0792. The van der Waals surface area contributed by atoms with Crippen LogP contribution in [0.1, 0.15) is 22.6 Å². The van der Waals surface area contributed by atoms with Gasteiger partial charge in [0.25, 0.3) is 5.91 Å². The van der Waals surface area contributed by atoms with E-state index in [9.17, 15) is 18.5 Å². The van der Waals surface area contributed by atoms with Gasteiger partial charge in [-0.2, -0.15) is 9.57 Å². The maximum absolute atomic E-state index is 13.6. The standard InChI is InChI=1S/C29H23Cl2N3O4S/c1-20-5-13-28(14-6-20)39(36,37)34(18-21-7-9-23(30)10-8-21)19-27-12-11-26(38-27)15-22(17-32)29(35)33-25-4-2-3-24(31)16-25/h2-16H,18-19H2,1H3,(H,33,35)/b22-15-. The molecule has 0 unspecified atom stereocenters. The first-order chi connectivity index (χ1) is 18.6. The Labute approximate surface area is 236 Å². The number of furan rings is 1. The van der Waals surface area contributed by atoms with Crippen molar-refractivity contribution < 1.29 is 17.6 Å². The summed E-state index contributed by atoms with van der Waals surface area (Å²) in [5, 5.41) is 13.1. The van der Waals surface area contributed by atoms with Gasteiger partial charge in [0.1, 0.15) is 23.2 Å². The number of aryl methyl sites for hydroxylation is 1. The predicted molar refractivity (Wildman–Crippen MR) is 151 cm³/mol. The summed E-state index contributed by atoms with van der Waals surface area (Å²) in [6, 6.07) is 25.1. The number of rotatable bonds is 9. The van der Waals surface area contributed by atoms with Crippen LogP contribution in [0.15, 0.2) is 99.8 Å². The number of carbonyl (C=O) groups excluding carboxylic acids is 1. The van der Waals surface area contributed by atoms with Gasteiger partial charge in [-0.3, -0.25) is 4.79 Å². The van der Waals surface area contributed by atoms with E-state index < -0.39 is 15.9 Å². The van der Waals surface area contributed by atoms with Gasteiger partial charge < -0.3 is 9.73 Å². The minimum absolute atomic E-state index is 0.0741. The molecule has 10 heteroatoms. The lowest BCUT2D eigenvalue weighted by atomic mass is 10.2. The van der Waals surface area contributed by atoms with Crippen LogP contribution < -0.4 is 5.32 Å². The van der Waals surface area contributed by atoms with E-state index >= 15 is 0 Å². The molecule has 39 heavy (non-hydrogen) atoms. The number of carbonyl (C=O) groups is 1. The zero-order valence-electron chi connectivity index (χ0n) is 20.8. The van der Waals surface area contributed by atoms with Gasteiger partial charge in [-0.25, -0.2) is 8.42 Å². The second-order valence-corrected chi connectivity index (χ2v) is 11.5.